The number of nitrogens with zero attached hydrogens (tertiary/aromatic N) is 1. The highest BCUT2D eigenvalue weighted by atomic mass is 16.4. The number of oxazole rings is 1. The molecule has 0 saturated heterocycles. The maximum absolute atomic E-state index is 10.8. The van der Waals surface area contributed by atoms with Crippen LogP contribution in [-0.2, 0) is 19.5 Å². The first-order valence-corrected chi connectivity index (χ1v) is 6.15. The summed E-state index contributed by atoms with van der Waals surface area (Å²) in [5.74, 6) is 0.598. The van der Waals surface area contributed by atoms with Crippen LogP contribution in [-0.4, -0.2) is 16.1 Å². The molecule has 0 aliphatic heterocycles. The Labute approximate surface area is 111 Å². The highest BCUT2D eigenvalue weighted by Crippen LogP contribution is 2.07. The Hall–Kier alpha value is -2.14. The van der Waals surface area contributed by atoms with Gasteiger partial charge in [0, 0.05) is 13.0 Å². The van der Waals surface area contributed by atoms with Crippen LogP contribution in [0.1, 0.15) is 34.5 Å². The van der Waals surface area contributed by atoms with Gasteiger partial charge in [-0.3, -0.25) is 0 Å². The summed E-state index contributed by atoms with van der Waals surface area (Å²) < 4.78 is 5.46. The van der Waals surface area contributed by atoms with E-state index < -0.39 is 5.97 Å². The summed E-state index contributed by atoms with van der Waals surface area (Å²) in [6.45, 7) is 3.15. The molecule has 0 aliphatic carbocycles. The van der Waals surface area contributed by atoms with Gasteiger partial charge in [0.2, 0.25) is 0 Å². The SMILES string of the molecule is CCc1ncc(CNCc2cccc(C(=O)O)c2)o1. The predicted octanol–water partition coefficient (Wildman–Crippen LogP) is 2.22. The Morgan fingerprint density at radius 1 is 1.42 bits per heavy atom. The number of aryl methyl sites for hydroxylation is 1. The summed E-state index contributed by atoms with van der Waals surface area (Å²) in [7, 11) is 0. The third-order valence-electron chi connectivity index (χ3n) is 2.71. The third kappa shape index (κ3) is 3.66. The predicted molar refractivity (Wildman–Crippen MR) is 69.8 cm³/mol. The average Bonchev–Trinajstić information content (AvgIpc) is 2.87. The van der Waals surface area contributed by atoms with Crippen molar-refractivity contribution in [3.8, 4) is 0 Å². The van der Waals surface area contributed by atoms with E-state index in [0.29, 0.717) is 18.7 Å². The summed E-state index contributed by atoms with van der Waals surface area (Å²) >= 11 is 0. The standard InChI is InChI=1S/C14H16N2O3/c1-2-13-16-9-12(19-13)8-15-7-10-4-3-5-11(6-10)14(17)18/h3-6,9,15H,2,7-8H2,1H3,(H,17,18). The molecule has 2 rings (SSSR count). The molecule has 0 fully saturated rings. The van der Waals surface area contributed by atoms with Crippen molar-refractivity contribution in [3.05, 3.63) is 53.2 Å². The van der Waals surface area contributed by atoms with E-state index in [2.05, 4.69) is 10.3 Å². The Morgan fingerprint density at radius 2 is 2.26 bits per heavy atom. The van der Waals surface area contributed by atoms with Crippen molar-refractivity contribution in [3.63, 3.8) is 0 Å². The van der Waals surface area contributed by atoms with Crippen molar-refractivity contribution >= 4 is 5.97 Å². The highest BCUT2D eigenvalue weighted by molar-refractivity contribution is 5.87. The van der Waals surface area contributed by atoms with E-state index in [9.17, 15) is 4.79 Å². The van der Waals surface area contributed by atoms with Gasteiger partial charge < -0.3 is 14.8 Å². The number of benzene rings is 1. The van der Waals surface area contributed by atoms with Crippen molar-refractivity contribution in [1.82, 2.24) is 10.3 Å². The van der Waals surface area contributed by atoms with Crippen LogP contribution in [0, 0.1) is 0 Å². The number of nitrogens with one attached hydrogen (secondary N) is 1. The first-order chi connectivity index (χ1) is 9.19. The zero-order valence-corrected chi connectivity index (χ0v) is 10.7. The number of aromatic carboxylic acids is 1. The molecule has 19 heavy (non-hydrogen) atoms. The van der Waals surface area contributed by atoms with Gasteiger partial charge in [0.1, 0.15) is 5.76 Å². The number of carboxylic acid groups (broad SMARTS) is 1. The summed E-state index contributed by atoms with van der Waals surface area (Å²) in [5.41, 5.74) is 1.22. The minimum atomic E-state index is -0.912. The van der Waals surface area contributed by atoms with Crippen molar-refractivity contribution in [2.75, 3.05) is 0 Å². The van der Waals surface area contributed by atoms with Crippen LogP contribution in [0.3, 0.4) is 0 Å². The lowest BCUT2D eigenvalue weighted by molar-refractivity contribution is 0.0696. The molecule has 0 aliphatic rings. The number of hydrogen-bond acceptors (Lipinski definition) is 4. The number of rotatable bonds is 6. The first-order valence-electron chi connectivity index (χ1n) is 6.15. The smallest absolute Gasteiger partial charge is 0.335 e. The van der Waals surface area contributed by atoms with E-state index in [0.717, 1.165) is 23.6 Å². The molecule has 0 unspecified atom stereocenters. The van der Waals surface area contributed by atoms with Crippen LogP contribution in [0.2, 0.25) is 0 Å². The fourth-order valence-corrected chi connectivity index (χ4v) is 1.74. The van der Waals surface area contributed by atoms with Gasteiger partial charge in [0.05, 0.1) is 18.3 Å². The van der Waals surface area contributed by atoms with Gasteiger partial charge in [0.15, 0.2) is 5.89 Å². The second kappa shape index (κ2) is 6.15. The third-order valence-corrected chi connectivity index (χ3v) is 2.71. The van der Waals surface area contributed by atoms with Gasteiger partial charge in [0.25, 0.3) is 0 Å². The number of hydrogen-bond donors (Lipinski definition) is 2. The fraction of sp³-hybridized carbons (Fsp3) is 0.286. The molecule has 0 saturated carbocycles. The average molecular weight is 260 g/mol. The maximum Gasteiger partial charge on any atom is 0.335 e. The molecule has 0 atom stereocenters. The van der Waals surface area contributed by atoms with Crippen LogP contribution < -0.4 is 5.32 Å². The molecule has 100 valence electrons. The quantitative estimate of drug-likeness (QED) is 0.833. The minimum absolute atomic E-state index is 0.298. The van der Waals surface area contributed by atoms with Crippen molar-refractivity contribution in [2.45, 2.75) is 26.4 Å². The zero-order chi connectivity index (χ0) is 13.7. The van der Waals surface area contributed by atoms with Gasteiger partial charge in [-0.2, -0.15) is 0 Å². The Morgan fingerprint density at radius 3 is 2.95 bits per heavy atom. The van der Waals surface area contributed by atoms with E-state index >= 15 is 0 Å². The summed E-state index contributed by atoms with van der Waals surface area (Å²) in [6, 6.07) is 6.87. The van der Waals surface area contributed by atoms with Gasteiger partial charge in [-0.05, 0) is 17.7 Å². The molecule has 1 heterocycles. The van der Waals surface area contributed by atoms with Crippen molar-refractivity contribution in [2.24, 2.45) is 0 Å². The number of aromatic nitrogens is 1. The van der Waals surface area contributed by atoms with E-state index in [1.165, 1.54) is 0 Å². The second-order valence-electron chi connectivity index (χ2n) is 4.18. The van der Waals surface area contributed by atoms with Gasteiger partial charge >= 0.3 is 5.97 Å². The first kappa shape index (κ1) is 13.3. The monoisotopic (exact) mass is 260 g/mol. The van der Waals surface area contributed by atoms with Crippen LogP contribution in [0.4, 0.5) is 0 Å². The molecule has 2 aromatic rings. The molecule has 0 bridgehead atoms. The summed E-state index contributed by atoms with van der Waals surface area (Å²) in [4.78, 5) is 15.0. The molecular weight excluding hydrogens is 244 g/mol. The maximum atomic E-state index is 10.8. The van der Waals surface area contributed by atoms with Crippen molar-refractivity contribution in [1.29, 1.82) is 0 Å². The van der Waals surface area contributed by atoms with E-state index in [-0.39, 0.29) is 0 Å². The van der Waals surface area contributed by atoms with Crippen LogP contribution >= 0.6 is 0 Å². The van der Waals surface area contributed by atoms with E-state index in [1.807, 2.05) is 13.0 Å². The second-order valence-corrected chi connectivity index (χ2v) is 4.18. The van der Waals surface area contributed by atoms with Crippen LogP contribution in [0.15, 0.2) is 34.9 Å². The molecule has 5 heteroatoms. The zero-order valence-electron chi connectivity index (χ0n) is 10.7. The molecule has 0 radical (unpaired) electrons. The molecule has 1 aromatic heterocycles. The molecule has 0 amide bonds. The Bertz CT molecular complexity index is 563. The lowest BCUT2D eigenvalue weighted by Crippen LogP contribution is -2.12. The largest absolute Gasteiger partial charge is 0.478 e. The molecular formula is C14H16N2O3. The minimum Gasteiger partial charge on any atom is -0.478 e. The summed E-state index contributed by atoms with van der Waals surface area (Å²) in [6.07, 6.45) is 2.49. The van der Waals surface area contributed by atoms with Crippen LogP contribution in [0.5, 0.6) is 0 Å². The number of carbonyl (C=O) groups is 1. The fourth-order valence-electron chi connectivity index (χ4n) is 1.74. The van der Waals surface area contributed by atoms with E-state index in [4.69, 9.17) is 9.52 Å². The van der Waals surface area contributed by atoms with E-state index in [1.54, 1.807) is 24.4 Å². The van der Waals surface area contributed by atoms with Crippen LogP contribution in [0.25, 0.3) is 0 Å². The topological polar surface area (TPSA) is 75.4 Å². The van der Waals surface area contributed by atoms with Gasteiger partial charge in [-0.1, -0.05) is 19.1 Å². The lowest BCUT2D eigenvalue weighted by atomic mass is 10.1. The normalized spacial score (nSPS) is 10.6. The van der Waals surface area contributed by atoms with Gasteiger partial charge in [-0.25, -0.2) is 9.78 Å². The highest BCUT2D eigenvalue weighted by Gasteiger charge is 2.04. The Kier molecular flexibility index (Phi) is 4.30. The van der Waals surface area contributed by atoms with Gasteiger partial charge in [-0.15, -0.1) is 0 Å². The summed E-state index contributed by atoms with van der Waals surface area (Å²) in [5, 5.41) is 12.1. The molecule has 0 spiro atoms. The van der Waals surface area contributed by atoms with Crippen molar-refractivity contribution < 1.29 is 14.3 Å². The molecule has 1 aromatic carbocycles. The Balaban J connectivity index is 1.88. The molecule has 5 nitrogen and oxygen atoms in total. The lowest BCUT2D eigenvalue weighted by Gasteiger charge is -2.04. The number of carboxylic acids is 1. The molecule has 2 N–H and O–H groups in total.